The Balaban J connectivity index is 2.02. The van der Waals surface area contributed by atoms with Crippen molar-refractivity contribution >= 4 is 5.96 Å². The molecule has 0 atom stereocenters. The molecule has 0 aromatic heterocycles. The molecule has 0 amide bonds. The molecule has 0 aliphatic rings. The number of ether oxygens (including phenoxy) is 2. The van der Waals surface area contributed by atoms with Gasteiger partial charge in [-0.05, 0) is 35.9 Å². The van der Waals surface area contributed by atoms with Crippen LogP contribution in [0.15, 0.2) is 41.4 Å². The maximum Gasteiger partial charge on any atom is 0.387 e. The number of nitrogens with one attached hydrogen (secondary N) is 2. The molecule has 0 saturated heterocycles. The van der Waals surface area contributed by atoms with Crippen molar-refractivity contribution in [2.45, 2.75) is 26.3 Å². The maximum atomic E-state index is 13.4. The number of methoxy groups -OCH3 is 1. The third kappa shape index (κ3) is 6.05. The van der Waals surface area contributed by atoms with E-state index in [1.807, 2.05) is 0 Å². The first-order valence-corrected chi connectivity index (χ1v) is 8.41. The minimum Gasteiger partial charge on any atom is -0.497 e. The van der Waals surface area contributed by atoms with Crippen LogP contribution in [0.1, 0.15) is 16.7 Å². The van der Waals surface area contributed by atoms with Crippen molar-refractivity contribution in [1.29, 1.82) is 0 Å². The van der Waals surface area contributed by atoms with E-state index in [1.54, 1.807) is 25.2 Å². The molecular weight excluding hydrogens is 375 g/mol. The second-order valence-electron chi connectivity index (χ2n) is 5.72. The zero-order chi connectivity index (χ0) is 20.5. The van der Waals surface area contributed by atoms with E-state index in [2.05, 4.69) is 20.4 Å². The zero-order valence-electron chi connectivity index (χ0n) is 15.5. The summed E-state index contributed by atoms with van der Waals surface area (Å²) in [7, 11) is 3.03. The summed E-state index contributed by atoms with van der Waals surface area (Å²) in [6.07, 6.45) is 0. The van der Waals surface area contributed by atoms with E-state index in [0.717, 1.165) is 5.56 Å². The van der Waals surface area contributed by atoms with Crippen LogP contribution in [0.4, 0.5) is 13.2 Å². The van der Waals surface area contributed by atoms with Crippen LogP contribution in [-0.2, 0) is 19.7 Å². The largest absolute Gasteiger partial charge is 0.497 e. The highest BCUT2D eigenvalue weighted by Gasteiger charge is 2.12. The Bertz CT molecular complexity index is 816. The first kappa shape index (κ1) is 21.4. The molecule has 0 unspecified atom stereocenters. The lowest BCUT2D eigenvalue weighted by molar-refractivity contribution is -0.0505. The topological polar surface area (TPSA) is 75.1 Å². The molecule has 0 aliphatic heterocycles. The molecule has 9 heteroatoms. The SMILES string of the molecule is CN=C(NCc1ccc(F)c(CO)c1)NCc1cc(OC)ccc1OC(F)F. The molecule has 0 bridgehead atoms. The summed E-state index contributed by atoms with van der Waals surface area (Å²) in [6.45, 7) is -2.85. The lowest BCUT2D eigenvalue weighted by Gasteiger charge is -2.15. The van der Waals surface area contributed by atoms with Crippen LogP contribution in [0, 0.1) is 5.82 Å². The van der Waals surface area contributed by atoms with Gasteiger partial charge in [-0.3, -0.25) is 4.99 Å². The van der Waals surface area contributed by atoms with E-state index in [4.69, 9.17) is 9.84 Å². The third-order valence-corrected chi connectivity index (χ3v) is 3.89. The summed E-state index contributed by atoms with van der Waals surface area (Å²) < 4.78 is 48.3. The van der Waals surface area contributed by atoms with Crippen LogP contribution < -0.4 is 20.1 Å². The van der Waals surface area contributed by atoms with Crippen molar-refractivity contribution in [2.75, 3.05) is 14.2 Å². The Kier molecular flexibility index (Phi) is 7.94. The van der Waals surface area contributed by atoms with Crippen LogP contribution in [0.3, 0.4) is 0 Å². The Labute approximate surface area is 161 Å². The number of rotatable bonds is 8. The third-order valence-electron chi connectivity index (χ3n) is 3.89. The van der Waals surface area contributed by atoms with Gasteiger partial charge in [-0.25, -0.2) is 4.39 Å². The molecule has 28 heavy (non-hydrogen) atoms. The molecule has 2 aromatic rings. The number of halogens is 3. The number of guanidine groups is 1. The molecule has 3 N–H and O–H groups in total. The number of benzene rings is 2. The summed E-state index contributed by atoms with van der Waals surface area (Å²) in [4.78, 5) is 4.06. The van der Waals surface area contributed by atoms with Crippen LogP contribution in [0.25, 0.3) is 0 Å². The molecule has 2 aromatic carbocycles. The fourth-order valence-electron chi connectivity index (χ4n) is 2.48. The summed E-state index contributed by atoms with van der Waals surface area (Å²) in [5.74, 6) is 0.466. The first-order chi connectivity index (χ1) is 13.5. The Morgan fingerprint density at radius 3 is 2.50 bits per heavy atom. The Morgan fingerprint density at radius 2 is 1.86 bits per heavy atom. The number of aliphatic imine (C=N–C) groups is 1. The van der Waals surface area contributed by atoms with Crippen LogP contribution in [0.2, 0.25) is 0 Å². The van der Waals surface area contributed by atoms with Gasteiger partial charge >= 0.3 is 6.61 Å². The van der Waals surface area contributed by atoms with Gasteiger partial charge in [0.15, 0.2) is 5.96 Å². The second-order valence-corrected chi connectivity index (χ2v) is 5.72. The van der Waals surface area contributed by atoms with Gasteiger partial charge in [0.05, 0.1) is 13.7 Å². The zero-order valence-corrected chi connectivity index (χ0v) is 15.5. The molecule has 0 spiro atoms. The summed E-state index contributed by atoms with van der Waals surface area (Å²) in [6, 6.07) is 8.95. The van der Waals surface area contributed by atoms with E-state index in [-0.39, 0.29) is 17.9 Å². The predicted molar refractivity (Wildman–Crippen MR) is 99.0 cm³/mol. The number of hydrogen-bond donors (Lipinski definition) is 3. The first-order valence-electron chi connectivity index (χ1n) is 8.41. The Hall–Kier alpha value is -2.94. The minimum absolute atomic E-state index is 0.0323. The fraction of sp³-hybridized carbons (Fsp3) is 0.316. The maximum absolute atomic E-state index is 13.4. The van der Waals surface area contributed by atoms with E-state index >= 15 is 0 Å². The molecule has 6 nitrogen and oxygen atoms in total. The van der Waals surface area contributed by atoms with Gasteiger partial charge < -0.3 is 25.2 Å². The normalized spacial score (nSPS) is 11.5. The monoisotopic (exact) mass is 397 g/mol. The smallest absolute Gasteiger partial charge is 0.387 e. The molecule has 0 aliphatic carbocycles. The van der Waals surface area contributed by atoms with Crippen LogP contribution >= 0.6 is 0 Å². The van der Waals surface area contributed by atoms with Gasteiger partial charge in [-0.1, -0.05) is 6.07 Å². The van der Waals surface area contributed by atoms with E-state index < -0.39 is 19.0 Å². The van der Waals surface area contributed by atoms with Crippen molar-refractivity contribution in [3.63, 3.8) is 0 Å². The quantitative estimate of drug-likeness (QED) is 0.472. The van der Waals surface area contributed by atoms with Gasteiger partial charge in [0.1, 0.15) is 17.3 Å². The number of hydrogen-bond acceptors (Lipinski definition) is 4. The van der Waals surface area contributed by atoms with Gasteiger partial charge in [0.25, 0.3) is 0 Å². The van der Waals surface area contributed by atoms with Gasteiger partial charge in [-0.2, -0.15) is 8.78 Å². The van der Waals surface area contributed by atoms with Crippen LogP contribution in [-0.4, -0.2) is 31.8 Å². The second kappa shape index (κ2) is 10.4. The predicted octanol–water partition coefficient (Wildman–Crippen LogP) is 2.79. The number of alkyl halides is 2. The van der Waals surface area contributed by atoms with E-state index in [0.29, 0.717) is 23.8 Å². The molecule has 0 saturated carbocycles. The molecule has 0 fully saturated rings. The average molecular weight is 397 g/mol. The van der Waals surface area contributed by atoms with Crippen molar-refractivity contribution in [1.82, 2.24) is 10.6 Å². The van der Waals surface area contributed by atoms with Crippen LogP contribution in [0.5, 0.6) is 11.5 Å². The van der Waals surface area contributed by atoms with Gasteiger partial charge in [-0.15, -0.1) is 0 Å². The molecule has 0 radical (unpaired) electrons. The van der Waals surface area contributed by atoms with Crippen molar-refractivity contribution in [3.8, 4) is 11.5 Å². The summed E-state index contributed by atoms with van der Waals surface area (Å²) >= 11 is 0. The average Bonchev–Trinajstić information content (AvgIpc) is 2.69. The number of aliphatic hydroxyl groups is 1. The number of aliphatic hydroxyl groups excluding tert-OH is 1. The highest BCUT2D eigenvalue weighted by atomic mass is 19.3. The highest BCUT2D eigenvalue weighted by Crippen LogP contribution is 2.25. The van der Waals surface area contributed by atoms with Crippen molar-refractivity contribution in [2.24, 2.45) is 4.99 Å². The fourth-order valence-corrected chi connectivity index (χ4v) is 2.48. The molecule has 152 valence electrons. The summed E-state index contributed by atoms with van der Waals surface area (Å²) in [5, 5.41) is 15.2. The number of nitrogens with zero attached hydrogens (tertiary/aromatic N) is 1. The van der Waals surface area contributed by atoms with E-state index in [1.165, 1.54) is 25.3 Å². The summed E-state index contributed by atoms with van der Waals surface area (Å²) in [5.41, 5.74) is 1.41. The molecular formula is C19H22F3N3O3. The minimum atomic E-state index is -2.94. The molecule has 2 rings (SSSR count). The lowest BCUT2D eigenvalue weighted by atomic mass is 10.1. The lowest BCUT2D eigenvalue weighted by Crippen LogP contribution is -2.36. The van der Waals surface area contributed by atoms with Gasteiger partial charge in [0.2, 0.25) is 0 Å². The Morgan fingerprint density at radius 1 is 1.11 bits per heavy atom. The molecule has 0 heterocycles. The van der Waals surface area contributed by atoms with E-state index in [9.17, 15) is 13.2 Å². The standard InChI is InChI=1S/C19H22F3N3O3/c1-23-19(24-9-12-3-5-16(20)14(7-12)11-26)25-10-13-8-15(27-2)4-6-17(13)28-18(21)22/h3-8,18,26H,9-11H2,1-2H3,(H2,23,24,25). The van der Waals surface area contributed by atoms with Gasteiger partial charge in [0, 0.05) is 31.3 Å². The van der Waals surface area contributed by atoms with Crippen molar-refractivity contribution < 1.29 is 27.8 Å². The highest BCUT2D eigenvalue weighted by molar-refractivity contribution is 5.79. The van der Waals surface area contributed by atoms with Crippen molar-refractivity contribution in [3.05, 3.63) is 58.9 Å².